The van der Waals surface area contributed by atoms with Crippen molar-refractivity contribution in [3.63, 3.8) is 0 Å². The topological polar surface area (TPSA) is 87.3 Å². The molecule has 3 rings (SSSR count). The highest BCUT2D eigenvalue weighted by molar-refractivity contribution is 6.40. The van der Waals surface area contributed by atoms with Crippen molar-refractivity contribution in [3.05, 3.63) is 65.2 Å². The van der Waals surface area contributed by atoms with Gasteiger partial charge in [0.1, 0.15) is 0 Å². The van der Waals surface area contributed by atoms with E-state index in [0.717, 1.165) is 24.0 Å². The van der Waals surface area contributed by atoms with E-state index in [1.165, 1.54) is 0 Å². The fraction of sp³-hybridized carbons (Fsp3) is 0.250. The van der Waals surface area contributed by atoms with Crippen molar-refractivity contribution < 1.29 is 14.4 Å². The van der Waals surface area contributed by atoms with E-state index in [1.54, 1.807) is 24.3 Å². The van der Waals surface area contributed by atoms with E-state index >= 15 is 0 Å². The quantitative estimate of drug-likeness (QED) is 0.721. The number of carbonyl (C=O) groups is 3. The van der Waals surface area contributed by atoms with Gasteiger partial charge < -0.3 is 16.0 Å². The van der Waals surface area contributed by atoms with Gasteiger partial charge in [0.25, 0.3) is 5.91 Å². The van der Waals surface area contributed by atoms with Crippen LogP contribution in [0.5, 0.6) is 0 Å². The lowest BCUT2D eigenvalue weighted by molar-refractivity contribution is -0.136. The molecule has 0 radical (unpaired) electrons. The Balaban J connectivity index is 1.65. The van der Waals surface area contributed by atoms with E-state index in [4.69, 9.17) is 0 Å². The summed E-state index contributed by atoms with van der Waals surface area (Å²) in [6.07, 6.45) is 1.80. The maximum Gasteiger partial charge on any atom is 0.313 e. The molecule has 0 spiro atoms. The Hall–Kier alpha value is -3.15. The molecule has 1 aliphatic carbocycles. The molecule has 3 amide bonds. The molecule has 0 bridgehead atoms. The number of hydrogen-bond donors (Lipinski definition) is 3. The Labute approximate surface area is 152 Å². The number of hydrogen-bond acceptors (Lipinski definition) is 3. The SMILES string of the molecule is Cc1ccccc1CNC(=O)c1ccccc1NC(=O)C(=O)NC1CC1. The molecule has 0 aromatic heterocycles. The summed E-state index contributed by atoms with van der Waals surface area (Å²) in [7, 11) is 0. The Morgan fingerprint density at radius 2 is 1.65 bits per heavy atom. The Morgan fingerprint density at radius 3 is 2.38 bits per heavy atom. The van der Waals surface area contributed by atoms with Gasteiger partial charge in [-0.05, 0) is 43.0 Å². The van der Waals surface area contributed by atoms with Crippen molar-refractivity contribution >= 4 is 23.4 Å². The number of nitrogens with one attached hydrogen (secondary N) is 3. The summed E-state index contributed by atoms with van der Waals surface area (Å²) in [5.41, 5.74) is 2.73. The lowest BCUT2D eigenvalue weighted by Gasteiger charge is -2.12. The van der Waals surface area contributed by atoms with Crippen LogP contribution in [0.2, 0.25) is 0 Å². The van der Waals surface area contributed by atoms with Crippen LogP contribution in [0.15, 0.2) is 48.5 Å². The molecule has 1 fully saturated rings. The second-order valence-electron chi connectivity index (χ2n) is 6.36. The largest absolute Gasteiger partial charge is 0.348 e. The number of para-hydroxylation sites is 1. The molecule has 2 aromatic rings. The third kappa shape index (κ3) is 4.47. The molecular formula is C20H21N3O3. The number of anilines is 1. The fourth-order valence-electron chi connectivity index (χ4n) is 2.53. The number of rotatable bonds is 5. The Morgan fingerprint density at radius 1 is 0.962 bits per heavy atom. The second-order valence-corrected chi connectivity index (χ2v) is 6.36. The average molecular weight is 351 g/mol. The highest BCUT2D eigenvalue weighted by Crippen LogP contribution is 2.19. The predicted octanol–water partition coefficient (Wildman–Crippen LogP) is 2.14. The zero-order chi connectivity index (χ0) is 18.5. The third-order valence-corrected chi connectivity index (χ3v) is 4.24. The van der Waals surface area contributed by atoms with Gasteiger partial charge >= 0.3 is 11.8 Å². The zero-order valence-electron chi connectivity index (χ0n) is 14.5. The van der Waals surface area contributed by atoms with Crippen LogP contribution >= 0.6 is 0 Å². The van der Waals surface area contributed by atoms with E-state index in [1.807, 2.05) is 31.2 Å². The first kappa shape index (κ1) is 17.7. The summed E-state index contributed by atoms with van der Waals surface area (Å²) in [5.74, 6) is -1.76. The molecule has 0 aliphatic heterocycles. The van der Waals surface area contributed by atoms with Gasteiger partial charge in [-0.2, -0.15) is 0 Å². The van der Waals surface area contributed by atoms with Gasteiger partial charge in [0.2, 0.25) is 0 Å². The van der Waals surface area contributed by atoms with Gasteiger partial charge in [-0.1, -0.05) is 36.4 Å². The van der Waals surface area contributed by atoms with Crippen molar-refractivity contribution in [3.8, 4) is 0 Å². The van der Waals surface area contributed by atoms with Crippen molar-refractivity contribution in [2.24, 2.45) is 0 Å². The summed E-state index contributed by atoms with van der Waals surface area (Å²) in [6, 6.07) is 14.5. The second kappa shape index (κ2) is 7.82. The minimum Gasteiger partial charge on any atom is -0.348 e. The van der Waals surface area contributed by atoms with Crippen LogP contribution in [0.3, 0.4) is 0 Å². The summed E-state index contributed by atoms with van der Waals surface area (Å²) in [5, 5.41) is 8.00. The van der Waals surface area contributed by atoms with Crippen LogP contribution in [-0.2, 0) is 16.1 Å². The molecule has 1 aliphatic rings. The summed E-state index contributed by atoms with van der Waals surface area (Å²) in [6.45, 7) is 2.37. The zero-order valence-corrected chi connectivity index (χ0v) is 14.5. The number of aryl methyl sites for hydroxylation is 1. The van der Waals surface area contributed by atoms with E-state index < -0.39 is 11.8 Å². The van der Waals surface area contributed by atoms with Crippen LogP contribution in [0.4, 0.5) is 5.69 Å². The smallest absolute Gasteiger partial charge is 0.313 e. The van der Waals surface area contributed by atoms with Gasteiger partial charge in [-0.25, -0.2) is 0 Å². The van der Waals surface area contributed by atoms with Gasteiger partial charge in [-0.3, -0.25) is 14.4 Å². The minimum absolute atomic E-state index is 0.0981. The normalized spacial score (nSPS) is 13.0. The van der Waals surface area contributed by atoms with Crippen LogP contribution in [0, 0.1) is 6.92 Å². The molecule has 0 atom stereocenters. The number of carbonyl (C=O) groups excluding carboxylic acids is 3. The van der Waals surface area contributed by atoms with Gasteiger partial charge in [0.15, 0.2) is 0 Å². The maximum absolute atomic E-state index is 12.5. The molecular weight excluding hydrogens is 330 g/mol. The van der Waals surface area contributed by atoms with E-state index in [-0.39, 0.29) is 11.9 Å². The summed E-state index contributed by atoms with van der Waals surface area (Å²) >= 11 is 0. The molecule has 2 aromatic carbocycles. The van der Waals surface area contributed by atoms with E-state index in [9.17, 15) is 14.4 Å². The molecule has 6 heteroatoms. The van der Waals surface area contributed by atoms with Crippen LogP contribution in [0.25, 0.3) is 0 Å². The standard InChI is InChI=1S/C20H21N3O3/c1-13-6-2-3-7-14(13)12-21-18(24)16-8-4-5-9-17(16)23-20(26)19(25)22-15-10-11-15/h2-9,15H,10-12H2,1H3,(H,21,24)(H,22,25)(H,23,26). The van der Waals surface area contributed by atoms with Crippen molar-refractivity contribution in [2.75, 3.05) is 5.32 Å². The molecule has 1 saturated carbocycles. The van der Waals surface area contributed by atoms with Gasteiger partial charge in [0, 0.05) is 12.6 Å². The fourth-order valence-corrected chi connectivity index (χ4v) is 2.53. The number of amides is 3. The molecule has 6 nitrogen and oxygen atoms in total. The van der Waals surface area contributed by atoms with Crippen LogP contribution < -0.4 is 16.0 Å². The lowest BCUT2D eigenvalue weighted by atomic mass is 10.1. The van der Waals surface area contributed by atoms with Gasteiger partial charge in [-0.15, -0.1) is 0 Å². The third-order valence-electron chi connectivity index (χ3n) is 4.24. The predicted molar refractivity (Wildman–Crippen MR) is 98.6 cm³/mol. The average Bonchev–Trinajstić information content (AvgIpc) is 3.45. The highest BCUT2D eigenvalue weighted by Gasteiger charge is 2.26. The highest BCUT2D eigenvalue weighted by atomic mass is 16.2. The Bertz CT molecular complexity index is 844. The summed E-state index contributed by atoms with van der Waals surface area (Å²) in [4.78, 5) is 36.3. The maximum atomic E-state index is 12.5. The first-order valence-electron chi connectivity index (χ1n) is 8.58. The lowest BCUT2D eigenvalue weighted by Crippen LogP contribution is -2.37. The van der Waals surface area contributed by atoms with Crippen molar-refractivity contribution in [1.29, 1.82) is 0 Å². The van der Waals surface area contributed by atoms with Crippen molar-refractivity contribution in [2.45, 2.75) is 32.4 Å². The first-order valence-corrected chi connectivity index (χ1v) is 8.58. The van der Waals surface area contributed by atoms with E-state index in [0.29, 0.717) is 17.8 Å². The monoisotopic (exact) mass is 351 g/mol. The first-order chi connectivity index (χ1) is 12.5. The molecule has 134 valence electrons. The number of benzene rings is 2. The molecule has 26 heavy (non-hydrogen) atoms. The molecule has 3 N–H and O–H groups in total. The molecule has 0 saturated heterocycles. The van der Waals surface area contributed by atoms with Crippen molar-refractivity contribution in [1.82, 2.24) is 10.6 Å². The van der Waals surface area contributed by atoms with E-state index in [2.05, 4.69) is 16.0 Å². The van der Waals surface area contributed by atoms with Gasteiger partial charge in [0.05, 0.1) is 11.3 Å². The minimum atomic E-state index is -0.768. The molecule has 0 unspecified atom stereocenters. The molecule has 0 heterocycles. The summed E-state index contributed by atoms with van der Waals surface area (Å²) < 4.78 is 0. The van der Waals surface area contributed by atoms with Crippen LogP contribution in [0.1, 0.15) is 34.3 Å². The Kier molecular flexibility index (Phi) is 5.31. The van der Waals surface area contributed by atoms with Crippen LogP contribution in [-0.4, -0.2) is 23.8 Å².